The highest BCUT2D eigenvalue weighted by Gasteiger charge is 2.47. The van der Waals surface area contributed by atoms with E-state index >= 15 is 0 Å². The minimum atomic E-state index is -2.89. The van der Waals surface area contributed by atoms with Gasteiger partial charge in [0.15, 0.2) is 0 Å². The van der Waals surface area contributed by atoms with Crippen molar-refractivity contribution in [3.8, 4) is 0 Å². The summed E-state index contributed by atoms with van der Waals surface area (Å²) in [6, 6.07) is 1.37. The maximum absolute atomic E-state index is 13.7. The van der Waals surface area contributed by atoms with E-state index in [1.165, 1.54) is 32.3 Å². The van der Waals surface area contributed by atoms with Crippen LogP contribution in [0.1, 0.15) is 19.4 Å². The van der Waals surface area contributed by atoms with Crippen molar-refractivity contribution in [1.82, 2.24) is 4.98 Å². The molecule has 0 unspecified atom stereocenters. The summed E-state index contributed by atoms with van der Waals surface area (Å²) in [6.45, 7) is 2.87. The topological polar surface area (TPSA) is 41.8 Å². The van der Waals surface area contributed by atoms with Gasteiger partial charge in [-0.3, -0.25) is 0 Å². The zero-order valence-corrected chi connectivity index (χ0v) is 7.77. The maximum Gasteiger partial charge on any atom is 0.280 e. The lowest BCUT2D eigenvalue weighted by atomic mass is 9.82. The monoisotopic (exact) mass is 188 g/mol. The van der Waals surface area contributed by atoms with Gasteiger partial charge in [-0.25, -0.2) is 8.78 Å². The third kappa shape index (κ3) is 1.58. The number of H-pyrrole nitrogens is 1. The van der Waals surface area contributed by atoms with Crippen LogP contribution in [0.5, 0.6) is 0 Å². The van der Waals surface area contributed by atoms with Gasteiger partial charge in [0, 0.05) is 29.9 Å². The van der Waals surface area contributed by atoms with Crippen LogP contribution < -0.4 is 5.73 Å². The Morgan fingerprint density at radius 2 is 2.08 bits per heavy atom. The molecule has 0 aliphatic carbocycles. The average Bonchev–Trinajstić information content (AvgIpc) is 2.56. The zero-order valence-electron chi connectivity index (χ0n) is 7.77. The molecule has 0 aromatic carbocycles. The normalized spacial score (nSPS) is 13.3. The number of hydrogen-bond donors (Lipinski definition) is 2. The first-order chi connectivity index (χ1) is 5.92. The highest BCUT2D eigenvalue weighted by molar-refractivity contribution is 5.18. The fraction of sp³-hybridized carbons (Fsp3) is 0.556. The summed E-state index contributed by atoms with van der Waals surface area (Å²) in [5, 5.41) is 0. The predicted octanol–water partition coefficient (Wildman–Crippen LogP) is 2.09. The standard InChI is InChI=1S/C9H14F2N2/c1-8(2,6-12)9(10,11)7-3-4-13-5-7/h3-5,13H,6,12H2,1-2H3. The van der Waals surface area contributed by atoms with Crippen molar-refractivity contribution >= 4 is 0 Å². The number of nitrogens with two attached hydrogens (primary N) is 1. The molecular formula is C9H14F2N2. The van der Waals surface area contributed by atoms with Crippen molar-refractivity contribution in [3.63, 3.8) is 0 Å². The molecule has 0 radical (unpaired) electrons. The van der Waals surface area contributed by atoms with Crippen molar-refractivity contribution in [3.05, 3.63) is 24.0 Å². The van der Waals surface area contributed by atoms with Gasteiger partial charge in [0.2, 0.25) is 0 Å². The molecular weight excluding hydrogens is 174 g/mol. The van der Waals surface area contributed by atoms with Crippen LogP contribution in [0.2, 0.25) is 0 Å². The Hall–Kier alpha value is -0.900. The number of nitrogens with one attached hydrogen (secondary N) is 1. The second kappa shape index (κ2) is 3.10. The molecule has 3 N–H and O–H groups in total. The Bertz CT molecular complexity index is 265. The van der Waals surface area contributed by atoms with Gasteiger partial charge in [0.25, 0.3) is 5.92 Å². The molecule has 74 valence electrons. The molecule has 0 spiro atoms. The number of halogens is 2. The van der Waals surface area contributed by atoms with Crippen LogP contribution in [0.4, 0.5) is 8.78 Å². The second-order valence-electron chi connectivity index (χ2n) is 3.76. The zero-order chi connectivity index (χ0) is 10.1. The summed E-state index contributed by atoms with van der Waals surface area (Å²) in [7, 11) is 0. The lowest BCUT2D eigenvalue weighted by Gasteiger charge is -2.32. The van der Waals surface area contributed by atoms with Gasteiger partial charge in [0.1, 0.15) is 0 Å². The van der Waals surface area contributed by atoms with Gasteiger partial charge >= 0.3 is 0 Å². The quantitative estimate of drug-likeness (QED) is 0.749. The third-order valence-corrected chi connectivity index (χ3v) is 2.32. The summed E-state index contributed by atoms with van der Waals surface area (Å²) >= 11 is 0. The highest BCUT2D eigenvalue weighted by Crippen LogP contribution is 2.43. The minimum Gasteiger partial charge on any atom is -0.367 e. The van der Waals surface area contributed by atoms with Crippen LogP contribution in [0, 0.1) is 5.41 Å². The molecule has 0 amide bonds. The first-order valence-corrected chi connectivity index (χ1v) is 4.13. The molecule has 0 saturated carbocycles. The van der Waals surface area contributed by atoms with E-state index in [0.29, 0.717) is 0 Å². The lowest BCUT2D eigenvalue weighted by Crippen LogP contribution is -2.39. The average molecular weight is 188 g/mol. The van der Waals surface area contributed by atoms with Crippen molar-refractivity contribution < 1.29 is 8.78 Å². The maximum atomic E-state index is 13.7. The first-order valence-electron chi connectivity index (χ1n) is 4.13. The number of aromatic amines is 1. The smallest absolute Gasteiger partial charge is 0.280 e. The molecule has 13 heavy (non-hydrogen) atoms. The summed E-state index contributed by atoms with van der Waals surface area (Å²) in [5.74, 6) is -2.89. The van der Waals surface area contributed by atoms with Gasteiger partial charge in [-0.1, -0.05) is 13.8 Å². The van der Waals surface area contributed by atoms with Crippen LogP contribution >= 0.6 is 0 Å². The largest absolute Gasteiger partial charge is 0.367 e. The molecule has 0 fully saturated rings. The fourth-order valence-corrected chi connectivity index (χ4v) is 1.04. The Balaban J connectivity index is 3.02. The molecule has 1 heterocycles. The lowest BCUT2D eigenvalue weighted by molar-refractivity contribution is -0.108. The molecule has 1 aromatic heterocycles. The van der Waals surface area contributed by atoms with E-state index < -0.39 is 11.3 Å². The third-order valence-electron chi connectivity index (χ3n) is 2.32. The van der Waals surface area contributed by atoms with E-state index in [4.69, 9.17) is 5.73 Å². The molecule has 0 saturated heterocycles. The fourth-order valence-electron chi connectivity index (χ4n) is 1.04. The van der Waals surface area contributed by atoms with Crippen LogP contribution in [-0.4, -0.2) is 11.5 Å². The van der Waals surface area contributed by atoms with E-state index in [-0.39, 0.29) is 12.1 Å². The van der Waals surface area contributed by atoms with E-state index in [0.717, 1.165) is 0 Å². The van der Waals surface area contributed by atoms with Crippen molar-refractivity contribution in [2.45, 2.75) is 19.8 Å². The van der Waals surface area contributed by atoms with Gasteiger partial charge in [-0.05, 0) is 6.07 Å². The molecule has 0 bridgehead atoms. The molecule has 2 nitrogen and oxygen atoms in total. The van der Waals surface area contributed by atoms with Crippen molar-refractivity contribution in [2.75, 3.05) is 6.54 Å². The first kappa shape index (κ1) is 10.2. The Kier molecular flexibility index (Phi) is 2.43. The number of aromatic nitrogens is 1. The Morgan fingerprint density at radius 3 is 2.46 bits per heavy atom. The van der Waals surface area contributed by atoms with Crippen molar-refractivity contribution in [1.29, 1.82) is 0 Å². The molecule has 0 aliphatic rings. The summed E-state index contributed by atoms with van der Waals surface area (Å²) < 4.78 is 27.3. The van der Waals surface area contributed by atoms with Crippen LogP contribution in [0.3, 0.4) is 0 Å². The van der Waals surface area contributed by atoms with E-state index in [9.17, 15) is 8.78 Å². The summed E-state index contributed by atoms with van der Waals surface area (Å²) in [4.78, 5) is 2.61. The van der Waals surface area contributed by atoms with E-state index in [1.807, 2.05) is 0 Å². The van der Waals surface area contributed by atoms with Gasteiger partial charge in [0.05, 0.1) is 0 Å². The second-order valence-corrected chi connectivity index (χ2v) is 3.76. The van der Waals surface area contributed by atoms with Gasteiger partial charge < -0.3 is 10.7 Å². The summed E-state index contributed by atoms with van der Waals surface area (Å²) in [6.07, 6.45) is 2.78. The number of hydrogen-bond acceptors (Lipinski definition) is 1. The minimum absolute atomic E-state index is 0.0112. The Labute approximate surface area is 76.1 Å². The van der Waals surface area contributed by atoms with Crippen LogP contribution in [-0.2, 0) is 5.92 Å². The predicted molar refractivity (Wildman–Crippen MR) is 47.5 cm³/mol. The molecule has 4 heteroatoms. The van der Waals surface area contributed by atoms with Crippen LogP contribution in [0.15, 0.2) is 18.5 Å². The molecule has 1 rings (SSSR count). The van der Waals surface area contributed by atoms with Gasteiger partial charge in [-0.2, -0.15) is 0 Å². The molecule has 0 aliphatic heterocycles. The SMILES string of the molecule is CC(C)(CN)C(F)(F)c1cc[nH]c1. The van der Waals surface area contributed by atoms with E-state index in [1.54, 1.807) is 0 Å². The van der Waals surface area contributed by atoms with Crippen LogP contribution in [0.25, 0.3) is 0 Å². The molecule has 1 aromatic rings. The van der Waals surface area contributed by atoms with E-state index in [2.05, 4.69) is 4.98 Å². The number of alkyl halides is 2. The Morgan fingerprint density at radius 1 is 1.46 bits per heavy atom. The van der Waals surface area contributed by atoms with Crippen molar-refractivity contribution in [2.24, 2.45) is 11.1 Å². The number of rotatable bonds is 3. The highest BCUT2D eigenvalue weighted by atomic mass is 19.3. The van der Waals surface area contributed by atoms with Gasteiger partial charge in [-0.15, -0.1) is 0 Å². The molecule has 0 atom stereocenters. The summed E-state index contributed by atoms with van der Waals surface area (Å²) in [5.41, 5.74) is 4.08.